The molecule has 0 aromatic carbocycles. The predicted octanol–water partition coefficient (Wildman–Crippen LogP) is 1.09. The van der Waals surface area contributed by atoms with Gasteiger partial charge in [-0.2, -0.15) is 5.10 Å². The van der Waals surface area contributed by atoms with Gasteiger partial charge in [0, 0.05) is 38.1 Å². The zero-order chi connectivity index (χ0) is 17.1. The number of carbonyl (C=O) groups is 1. The minimum absolute atomic E-state index is 0.0881. The zero-order valence-corrected chi connectivity index (χ0v) is 14.6. The number of amides is 1. The first-order chi connectivity index (χ1) is 12.2. The molecule has 138 valence electrons. The minimum Gasteiger partial charge on any atom is -0.381 e. The molecule has 1 amide bonds. The molecule has 4 rings (SSSR count). The normalized spacial score (nSPS) is 31.4. The molecule has 2 atom stereocenters. The van der Waals surface area contributed by atoms with Crippen molar-refractivity contribution < 1.29 is 19.0 Å². The van der Waals surface area contributed by atoms with Gasteiger partial charge >= 0.3 is 0 Å². The van der Waals surface area contributed by atoms with Crippen LogP contribution in [0.1, 0.15) is 25.7 Å². The first-order valence-corrected chi connectivity index (χ1v) is 9.34. The van der Waals surface area contributed by atoms with Crippen LogP contribution in [0.3, 0.4) is 0 Å². The fourth-order valence-corrected chi connectivity index (χ4v) is 4.16. The fourth-order valence-electron chi connectivity index (χ4n) is 4.16. The van der Waals surface area contributed by atoms with Gasteiger partial charge in [0.2, 0.25) is 5.91 Å². The molecule has 3 fully saturated rings. The van der Waals surface area contributed by atoms with Crippen LogP contribution in [0.4, 0.5) is 0 Å². The second-order valence-electron chi connectivity index (χ2n) is 7.39. The van der Waals surface area contributed by atoms with Crippen LogP contribution in [0.5, 0.6) is 0 Å². The van der Waals surface area contributed by atoms with E-state index in [1.165, 1.54) is 0 Å². The van der Waals surface area contributed by atoms with E-state index in [1.54, 1.807) is 6.20 Å². The summed E-state index contributed by atoms with van der Waals surface area (Å²) in [7, 11) is 0. The van der Waals surface area contributed by atoms with Crippen molar-refractivity contribution in [2.45, 2.75) is 43.9 Å². The Morgan fingerprint density at radius 3 is 2.88 bits per heavy atom. The summed E-state index contributed by atoms with van der Waals surface area (Å²) in [5.74, 6) is 0.331. The quantitative estimate of drug-likeness (QED) is 0.817. The van der Waals surface area contributed by atoms with Gasteiger partial charge in [-0.05, 0) is 31.7 Å². The Balaban J connectivity index is 1.40. The summed E-state index contributed by atoms with van der Waals surface area (Å²) in [6, 6.07) is 1.92. The van der Waals surface area contributed by atoms with E-state index in [2.05, 4.69) is 5.10 Å². The standard InChI is InChI=1S/C18H27N3O4/c22-17(15-3-9-23-10-4-15)20-8-11-24-14-18(13-20)5-2-16(25-18)12-21-7-1-6-19-21/h1,6-7,15-16H,2-5,8-14H2. The van der Waals surface area contributed by atoms with E-state index in [-0.39, 0.29) is 23.5 Å². The van der Waals surface area contributed by atoms with Gasteiger partial charge in [-0.15, -0.1) is 0 Å². The Hall–Kier alpha value is -1.44. The maximum absolute atomic E-state index is 12.9. The van der Waals surface area contributed by atoms with Gasteiger partial charge in [0.05, 0.1) is 32.4 Å². The van der Waals surface area contributed by atoms with Crippen LogP contribution < -0.4 is 0 Å². The predicted molar refractivity (Wildman–Crippen MR) is 90.0 cm³/mol. The van der Waals surface area contributed by atoms with Gasteiger partial charge < -0.3 is 19.1 Å². The van der Waals surface area contributed by atoms with Gasteiger partial charge in [0.25, 0.3) is 0 Å². The topological polar surface area (TPSA) is 65.8 Å². The molecule has 1 spiro atoms. The Kier molecular flexibility index (Phi) is 5.05. The van der Waals surface area contributed by atoms with Crippen LogP contribution in [-0.4, -0.2) is 71.8 Å². The average Bonchev–Trinajstić information content (AvgIpc) is 3.23. The number of rotatable bonds is 3. The van der Waals surface area contributed by atoms with Crippen molar-refractivity contribution in [2.75, 3.05) is 39.5 Å². The molecule has 3 aliphatic rings. The maximum Gasteiger partial charge on any atom is 0.226 e. The molecule has 1 aromatic heterocycles. The van der Waals surface area contributed by atoms with Gasteiger partial charge in [0.15, 0.2) is 0 Å². The lowest BCUT2D eigenvalue weighted by atomic mass is 9.96. The van der Waals surface area contributed by atoms with Crippen molar-refractivity contribution in [2.24, 2.45) is 5.92 Å². The maximum atomic E-state index is 12.9. The lowest BCUT2D eigenvalue weighted by molar-refractivity contribution is -0.143. The van der Waals surface area contributed by atoms with Gasteiger partial charge in [-0.25, -0.2) is 0 Å². The van der Waals surface area contributed by atoms with E-state index >= 15 is 0 Å². The van der Waals surface area contributed by atoms with Crippen molar-refractivity contribution in [3.63, 3.8) is 0 Å². The highest BCUT2D eigenvalue weighted by Gasteiger charge is 2.44. The van der Waals surface area contributed by atoms with Crippen LogP contribution in [0.25, 0.3) is 0 Å². The highest BCUT2D eigenvalue weighted by molar-refractivity contribution is 5.79. The molecule has 0 N–H and O–H groups in total. The highest BCUT2D eigenvalue weighted by atomic mass is 16.6. The molecular weight excluding hydrogens is 322 g/mol. The number of nitrogens with zero attached hydrogens (tertiary/aromatic N) is 3. The van der Waals surface area contributed by atoms with Crippen molar-refractivity contribution in [3.05, 3.63) is 18.5 Å². The van der Waals surface area contributed by atoms with Gasteiger partial charge in [0.1, 0.15) is 5.60 Å². The van der Waals surface area contributed by atoms with E-state index in [0.29, 0.717) is 39.5 Å². The largest absolute Gasteiger partial charge is 0.381 e. The monoisotopic (exact) mass is 349 g/mol. The molecule has 0 radical (unpaired) electrons. The Morgan fingerprint density at radius 1 is 1.20 bits per heavy atom. The smallest absolute Gasteiger partial charge is 0.226 e. The van der Waals surface area contributed by atoms with Crippen LogP contribution in [0.15, 0.2) is 18.5 Å². The summed E-state index contributed by atoms with van der Waals surface area (Å²) in [5.41, 5.74) is -0.366. The third kappa shape index (κ3) is 3.88. The van der Waals surface area contributed by atoms with Crippen LogP contribution in [0, 0.1) is 5.92 Å². The summed E-state index contributed by atoms with van der Waals surface area (Å²) in [4.78, 5) is 14.9. The molecule has 2 unspecified atom stereocenters. The van der Waals surface area contributed by atoms with Crippen molar-refractivity contribution >= 4 is 5.91 Å². The van der Waals surface area contributed by atoms with E-state index in [9.17, 15) is 4.79 Å². The first kappa shape index (κ1) is 17.0. The summed E-state index contributed by atoms with van der Waals surface area (Å²) >= 11 is 0. The molecule has 1 aromatic rings. The number of hydrogen-bond acceptors (Lipinski definition) is 5. The summed E-state index contributed by atoms with van der Waals surface area (Å²) in [6.45, 7) is 4.58. The molecule has 25 heavy (non-hydrogen) atoms. The van der Waals surface area contributed by atoms with Crippen molar-refractivity contribution in [1.29, 1.82) is 0 Å². The molecule has 7 nitrogen and oxygen atoms in total. The second kappa shape index (κ2) is 7.43. The molecule has 4 heterocycles. The highest BCUT2D eigenvalue weighted by Crippen LogP contribution is 2.34. The van der Waals surface area contributed by atoms with Crippen LogP contribution in [-0.2, 0) is 25.5 Å². The molecule has 0 aliphatic carbocycles. The third-order valence-corrected chi connectivity index (χ3v) is 5.52. The lowest BCUT2D eigenvalue weighted by Crippen LogP contribution is -2.49. The molecule has 0 saturated carbocycles. The zero-order valence-electron chi connectivity index (χ0n) is 14.6. The lowest BCUT2D eigenvalue weighted by Gasteiger charge is -2.34. The molecule has 0 bridgehead atoms. The number of hydrogen-bond donors (Lipinski definition) is 0. The van der Waals surface area contributed by atoms with Crippen LogP contribution >= 0.6 is 0 Å². The SMILES string of the molecule is O=C(C1CCOCC1)N1CCOCC2(CCC(Cn3cccn3)O2)C1. The Labute approximate surface area is 148 Å². The second-order valence-corrected chi connectivity index (χ2v) is 7.39. The summed E-state index contributed by atoms with van der Waals surface area (Å²) in [6.07, 6.45) is 7.42. The Bertz CT molecular complexity index is 573. The van der Waals surface area contributed by atoms with Gasteiger partial charge in [-0.3, -0.25) is 9.48 Å². The van der Waals surface area contributed by atoms with Gasteiger partial charge in [-0.1, -0.05) is 0 Å². The van der Waals surface area contributed by atoms with Crippen molar-refractivity contribution in [1.82, 2.24) is 14.7 Å². The number of ether oxygens (including phenoxy) is 3. The third-order valence-electron chi connectivity index (χ3n) is 5.52. The molecular formula is C18H27N3O4. The summed E-state index contributed by atoms with van der Waals surface area (Å²) in [5, 5.41) is 4.27. The fraction of sp³-hybridized carbons (Fsp3) is 0.778. The van der Waals surface area contributed by atoms with Crippen LogP contribution in [0.2, 0.25) is 0 Å². The summed E-state index contributed by atoms with van der Waals surface area (Å²) < 4.78 is 19.5. The van der Waals surface area contributed by atoms with E-state index in [1.807, 2.05) is 21.8 Å². The Morgan fingerprint density at radius 2 is 2.08 bits per heavy atom. The first-order valence-electron chi connectivity index (χ1n) is 9.34. The van der Waals surface area contributed by atoms with Crippen molar-refractivity contribution in [3.8, 4) is 0 Å². The minimum atomic E-state index is -0.366. The number of aromatic nitrogens is 2. The molecule has 7 heteroatoms. The number of carbonyl (C=O) groups excluding carboxylic acids is 1. The average molecular weight is 349 g/mol. The van der Waals surface area contributed by atoms with E-state index < -0.39 is 0 Å². The molecule has 3 saturated heterocycles. The molecule has 3 aliphatic heterocycles. The van der Waals surface area contributed by atoms with E-state index in [4.69, 9.17) is 14.2 Å². The van der Waals surface area contributed by atoms with E-state index in [0.717, 1.165) is 32.2 Å².